The number of phenols is 1. The molecular weight excluding hydrogens is 404 g/mol. The number of aryl methyl sites for hydroxylation is 1. The Kier molecular flexibility index (Phi) is 7.00. The number of phenolic OH excluding ortho intramolecular Hbond substituents is 1. The monoisotopic (exact) mass is 428 g/mol. The van der Waals surface area contributed by atoms with Gasteiger partial charge in [-0.25, -0.2) is 0 Å². The van der Waals surface area contributed by atoms with Crippen LogP contribution in [0.15, 0.2) is 49.1 Å². The van der Waals surface area contributed by atoms with Crippen LogP contribution in [0.25, 0.3) is 11.1 Å². The van der Waals surface area contributed by atoms with Crippen LogP contribution in [0.4, 0.5) is 0 Å². The lowest BCUT2D eigenvalue weighted by Gasteiger charge is -2.34. The highest BCUT2D eigenvalue weighted by atomic mass is 35.5. The first-order valence-corrected chi connectivity index (χ1v) is 10.2. The number of carbonyl (C=O) groups is 2. The summed E-state index contributed by atoms with van der Waals surface area (Å²) < 4.78 is 5.42. The highest BCUT2D eigenvalue weighted by molar-refractivity contribution is 6.33. The van der Waals surface area contributed by atoms with Crippen LogP contribution < -0.4 is 4.74 Å². The van der Waals surface area contributed by atoms with E-state index in [2.05, 4.69) is 6.58 Å². The van der Waals surface area contributed by atoms with E-state index in [9.17, 15) is 14.7 Å². The highest BCUT2D eigenvalue weighted by Gasteiger charge is 2.23. The molecule has 1 N–H and O–H groups in total. The zero-order valence-electron chi connectivity index (χ0n) is 16.9. The first kappa shape index (κ1) is 21.7. The van der Waals surface area contributed by atoms with Crippen LogP contribution in [-0.4, -0.2) is 60.0 Å². The van der Waals surface area contributed by atoms with Crippen LogP contribution in [0.3, 0.4) is 0 Å². The molecule has 6 nitrogen and oxygen atoms in total. The van der Waals surface area contributed by atoms with E-state index in [1.807, 2.05) is 30.3 Å². The lowest BCUT2D eigenvalue weighted by atomic mass is 9.99. The van der Waals surface area contributed by atoms with Crippen molar-refractivity contribution in [3.8, 4) is 22.6 Å². The smallest absolute Gasteiger partial charge is 0.246 e. The summed E-state index contributed by atoms with van der Waals surface area (Å²) in [5.74, 6) is 0.623. The number of rotatable bonds is 6. The van der Waals surface area contributed by atoms with Crippen LogP contribution in [0, 0.1) is 0 Å². The molecular formula is C23H25ClN2O4. The molecule has 7 heteroatoms. The van der Waals surface area contributed by atoms with Crippen LogP contribution in [0.1, 0.15) is 12.0 Å². The Morgan fingerprint density at radius 2 is 1.80 bits per heavy atom. The summed E-state index contributed by atoms with van der Waals surface area (Å²) in [5.41, 5.74) is 2.21. The lowest BCUT2D eigenvalue weighted by molar-refractivity contribution is -0.137. The van der Waals surface area contributed by atoms with Crippen molar-refractivity contribution in [2.45, 2.75) is 12.8 Å². The number of amides is 2. The van der Waals surface area contributed by atoms with E-state index in [1.165, 1.54) is 12.1 Å². The van der Waals surface area contributed by atoms with E-state index in [-0.39, 0.29) is 24.0 Å². The summed E-state index contributed by atoms with van der Waals surface area (Å²) in [6.45, 7) is 5.49. The summed E-state index contributed by atoms with van der Waals surface area (Å²) >= 11 is 6.37. The minimum atomic E-state index is -0.114. The molecule has 0 aromatic heterocycles. The van der Waals surface area contributed by atoms with E-state index >= 15 is 0 Å². The van der Waals surface area contributed by atoms with E-state index in [0.29, 0.717) is 48.9 Å². The number of hydrogen-bond acceptors (Lipinski definition) is 4. The summed E-state index contributed by atoms with van der Waals surface area (Å²) in [7, 11) is 1.59. The molecule has 1 saturated heterocycles. The number of piperazine rings is 1. The zero-order valence-corrected chi connectivity index (χ0v) is 17.7. The molecule has 0 bridgehead atoms. The fourth-order valence-corrected chi connectivity index (χ4v) is 3.85. The van der Waals surface area contributed by atoms with Crippen molar-refractivity contribution in [1.29, 1.82) is 0 Å². The Hall–Kier alpha value is -2.99. The summed E-state index contributed by atoms with van der Waals surface area (Å²) in [4.78, 5) is 27.7. The standard InChI is InChI=1S/C23H25ClN2O4/c1-3-22(28)25-10-12-26(13-11-25)23(29)9-8-16-14-18(19(24)15-20(16)27)17-6-4-5-7-21(17)30-2/h3-7,14-15,27H,1,8-13H2,2H3. The lowest BCUT2D eigenvalue weighted by Crippen LogP contribution is -2.50. The number of hydrogen-bond donors (Lipinski definition) is 1. The summed E-state index contributed by atoms with van der Waals surface area (Å²) in [5, 5.41) is 10.8. The van der Waals surface area contributed by atoms with Crippen LogP contribution >= 0.6 is 11.6 Å². The third-order valence-corrected chi connectivity index (χ3v) is 5.61. The molecule has 1 aliphatic rings. The predicted molar refractivity (Wildman–Crippen MR) is 117 cm³/mol. The van der Waals surface area contributed by atoms with Gasteiger partial charge in [0.2, 0.25) is 11.8 Å². The second-order valence-electron chi connectivity index (χ2n) is 7.07. The molecule has 1 fully saturated rings. The minimum Gasteiger partial charge on any atom is -0.508 e. The second-order valence-corrected chi connectivity index (χ2v) is 7.48. The number of halogens is 1. The molecule has 1 aliphatic heterocycles. The molecule has 0 atom stereocenters. The quantitative estimate of drug-likeness (QED) is 0.715. The van der Waals surface area contributed by atoms with Crippen molar-refractivity contribution in [3.63, 3.8) is 0 Å². The van der Waals surface area contributed by atoms with Crippen LogP contribution in [0.2, 0.25) is 5.02 Å². The molecule has 1 heterocycles. The fourth-order valence-electron chi connectivity index (χ4n) is 3.59. The Bertz CT molecular complexity index is 952. The number of aromatic hydroxyl groups is 1. The molecule has 0 spiro atoms. The molecule has 30 heavy (non-hydrogen) atoms. The number of para-hydroxylation sites is 1. The van der Waals surface area contributed by atoms with Crippen molar-refractivity contribution < 1.29 is 19.4 Å². The first-order valence-electron chi connectivity index (χ1n) is 9.78. The van der Waals surface area contributed by atoms with Gasteiger partial charge in [0.1, 0.15) is 11.5 Å². The van der Waals surface area contributed by atoms with Gasteiger partial charge in [0, 0.05) is 43.7 Å². The molecule has 0 radical (unpaired) electrons. The van der Waals surface area contributed by atoms with E-state index in [1.54, 1.807) is 16.9 Å². The molecule has 3 rings (SSSR count). The number of nitrogens with zero attached hydrogens (tertiary/aromatic N) is 2. The van der Waals surface area contributed by atoms with Gasteiger partial charge in [-0.1, -0.05) is 36.4 Å². The van der Waals surface area contributed by atoms with Gasteiger partial charge in [-0.3, -0.25) is 9.59 Å². The third kappa shape index (κ3) is 4.76. The van der Waals surface area contributed by atoms with Gasteiger partial charge >= 0.3 is 0 Å². The Labute approximate surface area is 181 Å². The molecule has 2 aromatic carbocycles. The maximum Gasteiger partial charge on any atom is 0.246 e. The van der Waals surface area contributed by atoms with Gasteiger partial charge < -0.3 is 19.6 Å². The van der Waals surface area contributed by atoms with Gasteiger partial charge in [-0.2, -0.15) is 0 Å². The first-order chi connectivity index (χ1) is 14.4. The fraction of sp³-hybridized carbons (Fsp3) is 0.304. The van der Waals surface area contributed by atoms with E-state index < -0.39 is 0 Å². The second kappa shape index (κ2) is 9.67. The van der Waals surface area contributed by atoms with Gasteiger partial charge in [0.25, 0.3) is 0 Å². The van der Waals surface area contributed by atoms with Crippen LogP contribution in [-0.2, 0) is 16.0 Å². The van der Waals surface area contributed by atoms with Gasteiger partial charge in [0.15, 0.2) is 0 Å². The normalized spacial score (nSPS) is 13.8. The van der Waals surface area contributed by atoms with Crippen molar-refractivity contribution in [1.82, 2.24) is 9.80 Å². The largest absolute Gasteiger partial charge is 0.508 e. The maximum absolute atomic E-state index is 12.6. The maximum atomic E-state index is 12.6. The number of benzene rings is 2. The van der Waals surface area contributed by atoms with Gasteiger partial charge in [0.05, 0.1) is 12.1 Å². The van der Waals surface area contributed by atoms with Crippen LogP contribution in [0.5, 0.6) is 11.5 Å². The molecule has 2 amide bonds. The average molecular weight is 429 g/mol. The minimum absolute atomic E-state index is 0.00565. The number of carbonyl (C=O) groups excluding carboxylic acids is 2. The van der Waals surface area contributed by atoms with Crippen molar-refractivity contribution in [2.24, 2.45) is 0 Å². The molecule has 0 unspecified atom stereocenters. The van der Waals surface area contributed by atoms with E-state index in [0.717, 1.165) is 11.1 Å². The SMILES string of the molecule is C=CC(=O)N1CCN(C(=O)CCc2cc(-c3ccccc3OC)c(Cl)cc2O)CC1. The summed E-state index contributed by atoms with van der Waals surface area (Å²) in [6.07, 6.45) is 1.94. The zero-order chi connectivity index (χ0) is 21.7. The number of methoxy groups -OCH3 is 1. The third-order valence-electron chi connectivity index (χ3n) is 5.29. The Morgan fingerprint density at radius 1 is 1.13 bits per heavy atom. The summed E-state index contributed by atoms with van der Waals surface area (Å²) in [6, 6.07) is 10.8. The van der Waals surface area contributed by atoms with Crippen molar-refractivity contribution in [2.75, 3.05) is 33.3 Å². The Morgan fingerprint density at radius 3 is 2.47 bits per heavy atom. The van der Waals surface area contributed by atoms with Crippen molar-refractivity contribution >= 4 is 23.4 Å². The van der Waals surface area contributed by atoms with Crippen molar-refractivity contribution in [3.05, 3.63) is 59.6 Å². The number of ether oxygens (including phenoxy) is 1. The highest BCUT2D eigenvalue weighted by Crippen LogP contribution is 2.38. The molecule has 2 aromatic rings. The molecule has 0 aliphatic carbocycles. The molecule has 158 valence electrons. The average Bonchev–Trinajstić information content (AvgIpc) is 2.78. The molecule has 0 saturated carbocycles. The topological polar surface area (TPSA) is 70.1 Å². The Balaban J connectivity index is 1.69. The van der Waals surface area contributed by atoms with Gasteiger partial charge in [-0.15, -0.1) is 0 Å². The predicted octanol–water partition coefficient (Wildman–Crippen LogP) is 3.51. The van der Waals surface area contributed by atoms with Gasteiger partial charge in [-0.05, 0) is 36.3 Å². The van der Waals surface area contributed by atoms with E-state index in [4.69, 9.17) is 16.3 Å².